The summed E-state index contributed by atoms with van der Waals surface area (Å²) in [6, 6.07) is 0. The molecule has 0 rings (SSSR count). The third-order valence-electron chi connectivity index (χ3n) is 1.68. The first-order valence-electron chi connectivity index (χ1n) is 3.10. The highest BCUT2D eigenvalue weighted by molar-refractivity contribution is 4.76. The third-order valence-corrected chi connectivity index (χ3v) is 1.68. The Morgan fingerprint density at radius 2 is 2.00 bits per heavy atom. The van der Waals surface area contributed by atoms with Gasteiger partial charge < -0.3 is 10.3 Å². The molecular formula is C6H15NO2. The summed E-state index contributed by atoms with van der Waals surface area (Å²) in [6.07, 6.45) is 0. The van der Waals surface area contributed by atoms with Gasteiger partial charge in [0.2, 0.25) is 0 Å². The van der Waals surface area contributed by atoms with Crippen LogP contribution in [0.25, 0.3) is 0 Å². The summed E-state index contributed by atoms with van der Waals surface area (Å²) in [6.45, 7) is 5.69. The summed E-state index contributed by atoms with van der Waals surface area (Å²) in [5.74, 6) is 0.150. The van der Waals surface area contributed by atoms with Crippen LogP contribution in [0, 0.1) is 5.92 Å². The van der Waals surface area contributed by atoms with Crippen molar-refractivity contribution >= 4 is 0 Å². The van der Waals surface area contributed by atoms with Gasteiger partial charge in [-0.2, -0.15) is 0 Å². The van der Waals surface area contributed by atoms with Crippen LogP contribution in [0.5, 0.6) is 0 Å². The second-order valence-electron chi connectivity index (χ2n) is 2.85. The summed E-state index contributed by atoms with van der Waals surface area (Å²) in [4.78, 5) is 0. The van der Waals surface area contributed by atoms with Gasteiger partial charge in [0.25, 0.3) is 0 Å². The molecule has 0 bridgehead atoms. The first kappa shape index (κ1) is 8.88. The molecule has 56 valence electrons. The van der Waals surface area contributed by atoms with E-state index < -0.39 is 5.60 Å². The fourth-order valence-electron chi connectivity index (χ4n) is 0.364. The van der Waals surface area contributed by atoms with Crippen molar-refractivity contribution < 1.29 is 10.3 Å². The highest BCUT2D eigenvalue weighted by atomic mass is 16.5. The lowest BCUT2D eigenvalue weighted by Gasteiger charge is -2.26. The Hall–Kier alpha value is -0.120. The molecule has 0 fully saturated rings. The molecule has 9 heavy (non-hydrogen) atoms. The number of rotatable bonds is 3. The van der Waals surface area contributed by atoms with E-state index in [9.17, 15) is 5.11 Å². The molecule has 0 radical (unpaired) electrons. The van der Waals surface area contributed by atoms with Gasteiger partial charge in [-0.05, 0) is 12.8 Å². The van der Waals surface area contributed by atoms with E-state index in [1.54, 1.807) is 6.92 Å². The van der Waals surface area contributed by atoms with Gasteiger partial charge in [-0.3, -0.25) is 0 Å². The Morgan fingerprint density at radius 3 is 2.11 bits per heavy atom. The Balaban J connectivity index is 3.70. The van der Waals surface area contributed by atoms with E-state index in [-0.39, 0.29) is 12.5 Å². The maximum Gasteiger partial charge on any atom is 0.0789 e. The predicted molar refractivity (Wildman–Crippen MR) is 35.3 cm³/mol. The molecule has 0 aliphatic rings. The van der Waals surface area contributed by atoms with Gasteiger partial charge in [-0.1, -0.05) is 13.8 Å². The average Bonchev–Trinajstić information content (AvgIpc) is 1.65. The van der Waals surface area contributed by atoms with Crippen molar-refractivity contribution in [2.24, 2.45) is 5.92 Å². The molecule has 0 aliphatic carbocycles. The van der Waals surface area contributed by atoms with Crippen LogP contribution in [0.2, 0.25) is 0 Å². The molecule has 3 nitrogen and oxygen atoms in total. The van der Waals surface area contributed by atoms with E-state index in [2.05, 4.69) is 0 Å². The van der Waals surface area contributed by atoms with Crippen molar-refractivity contribution in [2.45, 2.75) is 26.4 Å². The average molecular weight is 133 g/mol. The quantitative estimate of drug-likeness (QED) is 0.488. The Labute approximate surface area is 55.7 Å². The smallest absolute Gasteiger partial charge is 0.0789 e. The molecular weight excluding hydrogens is 118 g/mol. The van der Waals surface area contributed by atoms with E-state index in [1.165, 1.54) is 0 Å². The summed E-state index contributed by atoms with van der Waals surface area (Å²) >= 11 is 0. The zero-order valence-corrected chi connectivity index (χ0v) is 6.18. The van der Waals surface area contributed by atoms with Crippen LogP contribution in [-0.4, -0.2) is 22.5 Å². The zero-order valence-electron chi connectivity index (χ0n) is 6.18. The van der Waals surface area contributed by atoms with Crippen molar-refractivity contribution in [3.05, 3.63) is 0 Å². The summed E-state index contributed by atoms with van der Waals surface area (Å²) in [5, 5.41) is 17.6. The van der Waals surface area contributed by atoms with Gasteiger partial charge in [0, 0.05) is 6.54 Å². The maximum absolute atomic E-state index is 9.37. The van der Waals surface area contributed by atoms with Crippen molar-refractivity contribution in [3.63, 3.8) is 0 Å². The molecule has 0 aromatic carbocycles. The molecule has 1 atom stereocenters. The standard InChI is InChI=1S/C6H15NO2/c1-5(2)6(3,8)4-7-9/h5,7-9H,4H2,1-3H3. The molecule has 0 heterocycles. The van der Waals surface area contributed by atoms with Crippen molar-refractivity contribution in [1.82, 2.24) is 5.48 Å². The van der Waals surface area contributed by atoms with Crippen LogP contribution in [0.3, 0.4) is 0 Å². The number of hydrogen-bond acceptors (Lipinski definition) is 3. The fraction of sp³-hybridized carbons (Fsp3) is 1.00. The molecule has 0 spiro atoms. The summed E-state index contributed by atoms with van der Waals surface area (Å²) < 4.78 is 0. The zero-order chi connectivity index (χ0) is 7.49. The first-order valence-corrected chi connectivity index (χ1v) is 3.10. The van der Waals surface area contributed by atoms with Gasteiger partial charge in [0.1, 0.15) is 0 Å². The predicted octanol–water partition coefficient (Wildman–Crippen LogP) is 0.372. The molecule has 0 aliphatic heterocycles. The van der Waals surface area contributed by atoms with E-state index in [1.807, 2.05) is 19.3 Å². The van der Waals surface area contributed by atoms with E-state index in [0.717, 1.165) is 0 Å². The van der Waals surface area contributed by atoms with Crippen molar-refractivity contribution in [3.8, 4) is 0 Å². The second kappa shape index (κ2) is 3.15. The molecule has 0 aromatic heterocycles. The molecule has 3 heteroatoms. The molecule has 0 amide bonds. The minimum Gasteiger partial charge on any atom is -0.388 e. The van der Waals surface area contributed by atoms with Crippen LogP contribution in [0.4, 0.5) is 0 Å². The van der Waals surface area contributed by atoms with Crippen LogP contribution >= 0.6 is 0 Å². The van der Waals surface area contributed by atoms with Gasteiger partial charge in [0.15, 0.2) is 0 Å². The topological polar surface area (TPSA) is 52.5 Å². The monoisotopic (exact) mass is 133 g/mol. The number of aliphatic hydroxyl groups is 1. The SMILES string of the molecule is CC(C)C(C)(O)CNO. The Kier molecular flexibility index (Phi) is 3.11. The Bertz CT molecular complexity index is 81.1. The minimum atomic E-state index is -0.811. The molecule has 0 saturated carbocycles. The minimum absolute atomic E-state index is 0.150. The Morgan fingerprint density at radius 1 is 1.56 bits per heavy atom. The lowest BCUT2D eigenvalue weighted by molar-refractivity contribution is -0.0173. The largest absolute Gasteiger partial charge is 0.388 e. The van der Waals surface area contributed by atoms with Crippen molar-refractivity contribution in [2.75, 3.05) is 6.54 Å². The molecule has 1 unspecified atom stereocenters. The van der Waals surface area contributed by atoms with Crippen LogP contribution < -0.4 is 5.48 Å². The normalized spacial score (nSPS) is 18.0. The first-order chi connectivity index (χ1) is 4.00. The number of hydrogen-bond donors (Lipinski definition) is 3. The van der Waals surface area contributed by atoms with Crippen LogP contribution in [0.15, 0.2) is 0 Å². The van der Waals surface area contributed by atoms with Gasteiger partial charge >= 0.3 is 0 Å². The second-order valence-corrected chi connectivity index (χ2v) is 2.85. The number of nitrogens with one attached hydrogen (secondary N) is 1. The van der Waals surface area contributed by atoms with Gasteiger partial charge in [0.05, 0.1) is 5.60 Å². The highest BCUT2D eigenvalue weighted by Gasteiger charge is 2.23. The molecule has 3 N–H and O–H groups in total. The van der Waals surface area contributed by atoms with E-state index >= 15 is 0 Å². The van der Waals surface area contributed by atoms with Crippen LogP contribution in [-0.2, 0) is 0 Å². The molecule has 0 saturated heterocycles. The van der Waals surface area contributed by atoms with Gasteiger partial charge in [-0.25, -0.2) is 5.48 Å². The van der Waals surface area contributed by atoms with Crippen molar-refractivity contribution in [1.29, 1.82) is 0 Å². The number of hydroxylamine groups is 1. The molecule has 0 aromatic rings. The summed E-state index contributed by atoms with van der Waals surface area (Å²) in [5.41, 5.74) is 1.13. The highest BCUT2D eigenvalue weighted by Crippen LogP contribution is 2.13. The summed E-state index contributed by atoms with van der Waals surface area (Å²) in [7, 11) is 0. The van der Waals surface area contributed by atoms with E-state index in [4.69, 9.17) is 5.21 Å². The lowest BCUT2D eigenvalue weighted by Crippen LogP contribution is -2.41. The third kappa shape index (κ3) is 2.79. The fourth-order valence-corrected chi connectivity index (χ4v) is 0.364. The van der Waals surface area contributed by atoms with E-state index in [0.29, 0.717) is 0 Å². The maximum atomic E-state index is 9.37. The lowest BCUT2D eigenvalue weighted by atomic mass is 9.93. The van der Waals surface area contributed by atoms with Crippen LogP contribution in [0.1, 0.15) is 20.8 Å². The van der Waals surface area contributed by atoms with Gasteiger partial charge in [-0.15, -0.1) is 0 Å².